The number of carbonyl (C=O) groups excluding carboxylic acids is 2. The summed E-state index contributed by atoms with van der Waals surface area (Å²) in [6.45, 7) is 7.60. The summed E-state index contributed by atoms with van der Waals surface area (Å²) in [5, 5.41) is 3.07. The van der Waals surface area contributed by atoms with Crippen molar-refractivity contribution in [1.29, 1.82) is 0 Å². The van der Waals surface area contributed by atoms with Gasteiger partial charge in [0.15, 0.2) is 5.82 Å². The highest BCUT2D eigenvalue weighted by atomic mass is 16.5. The Morgan fingerprint density at radius 3 is 2.26 bits per heavy atom. The van der Waals surface area contributed by atoms with Crippen LogP contribution >= 0.6 is 0 Å². The van der Waals surface area contributed by atoms with Crippen molar-refractivity contribution in [3.8, 4) is 11.4 Å². The van der Waals surface area contributed by atoms with Crippen molar-refractivity contribution in [3.05, 3.63) is 72.6 Å². The van der Waals surface area contributed by atoms with Crippen LogP contribution in [0.2, 0.25) is 0 Å². The quantitative estimate of drug-likeness (QED) is 0.425. The second kappa shape index (κ2) is 13.3. The summed E-state index contributed by atoms with van der Waals surface area (Å²) in [6, 6.07) is 10.4. The molecule has 1 aromatic carbocycles. The number of methoxy groups -OCH3 is 1. The van der Waals surface area contributed by atoms with E-state index in [-0.39, 0.29) is 29.8 Å². The van der Waals surface area contributed by atoms with E-state index in [0.717, 1.165) is 11.1 Å². The molecule has 2 aromatic heterocycles. The maximum Gasteiger partial charge on any atom is 0.244 e. The van der Waals surface area contributed by atoms with Crippen LogP contribution in [0.4, 0.5) is 0 Å². The minimum absolute atomic E-state index is 0.0288. The first-order valence-corrected chi connectivity index (χ1v) is 13.3. The first-order chi connectivity index (χ1) is 18.9. The molecule has 0 aliphatic carbocycles. The van der Waals surface area contributed by atoms with Gasteiger partial charge in [-0.05, 0) is 31.0 Å². The number of hydrogen-bond acceptors (Lipinski definition) is 8. The van der Waals surface area contributed by atoms with Crippen molar-refractivity contribution >= 4 is 11.8 Å². The molecular weight excluding hydrogens is 494 g/mol. The summed E-state index contributed by atoms with van der Waals surface area (Å²) in [4.78, 5) is 48.4. The van der Waals surface area contributed by atoms with Crippen LogP contribution in [-0.2, 0) is 20.9 Å². The molecule has 4 rings (SSSR count). The molecule has 1 N–H and O–H groups in total. The van der Waals surface area contributed by atoms with Gasteiger partial charge in [0.25, 0.3) is 0 Å². The lowest BCUT2D eigenvalue weighted by atomic mass is 9.99. The highest BCUT2D eigenvalue weighted by Crippen LogP contribution is 2.28. The maximum absolute atomic E-state index is 13.7. The molecule has 1 unspecified atom stereocenters. The zero-order valence-corrected chi connectivity index (χ0v) is 23.0. The molecule has 3 atom stereocenters. The molecule has 10 nitrogen and oxygen atoms in total. The van der Waals surface area contributed by atoms with Crippen molar-refractivity contribution in [1.82, 2.24) is 35.1 Å². The predicted octanol–water partition coefficient (Wildman–Crippen LogP) is 2.88. The smallest absolute Gasteiger partial charge is 0.244 e. The molecule has 206 valence electrons. The number of benzene rings is 1. The number of carbonyl (C=O) groups is 2. The summed E-state index contributed by atoms with van der Waals surface area (Å²) < 4.78 is 5.37. The third-order valence-corrected chi connectivity index (χ3v) is 6.93. The molecule has 0 bridgehead atoms. The van der Waals surface area contributed by atoms with Crippen LogP contribution < -0.4 is 5.32 Å². The van der Waals surface area contributed by atoms with Crippen LogP contribution in [0.3, 0.4) is 0 Å². The topological polar surface area (TPSA) is 113 Å². The van der Waals surface area contributed by atoms with Gasteiger partial charge >= 0.3 is 0 Å². The largest absolute Gasteiger partial charge is 0.385 e. The zero-order valence-electron chi connectivity index (χ0n) is 23.0. The molecule has 0 radical (unpaired) electrons. The number of nitrogens with one attached hydrogen (secondary N) is 1. The second-order valence-corrected chi connectivity index (χ2v) is 10.1. The van der Waals surface area contributed by atoms with E-state index in [2.05, 4.69) is 30.2 Å². The van der Waals surface area contributed by atoms with Gasteiger partial charge in [-0.2, -0.15) is 0 Å². The van der Waals surface area contributed by atoms with Gasteiger partial charge < -0.3 is 15.0 Å². The standard InChI is InChI=1S/C29H37N7O3/c1-20(2)29(38)36-21(3)18-35(24(11-16-39-4)27-32-14-6-15-33-27)19-25(36)28(37)34-17-22-7-9-23(10-8-22)26-30-12-5-13-31-26/h5-10,12-15,20-21,24-25H,11,16-19H2,1-4H3,(H,34,37)/t21?,24-,25-/m1/s1. The normalized spacial score (nSPS) is 18.6. The first kappa shape index (κ1) is 28.3. The lowest BCUT2D eigenvalue weighted by Gasteiger charge is -2.47. The highest BCUT2D eigenvalue weighted by molar-refractivity contribution is 5.89. The van der Waals surface area contributed by atoms with Crippen LogP contribution in [0.5, 0.6) is 0 Å². The average molecular weight is 532 g/mol. The highest BCUT2D eigenvalue weighted by Gasteiger charge is 2.42. The van der Waals surface area contributed by atoms with E-state index in [4.69, 9.17) is 4.74 Å². The van der Waals surface area contributed by atoms with Gasteiger partial charge in [-0.15, -0.1) is 0 Å². The predicted molar refractivity (Wildman–Crippen MR) is 147 cm³/mol. The van der Waals surface area contributed by atoms with Crippen molar-refractivity contribution in [2.75, 3.05) is 26.8 Å². The Morgan fingerprint density at radius 1 is 1.00 bits per heavy atom. The van der Waals surface area contributed by atoms with Crippen LogP contribution in [0, 0.1) is 5.92 Å². The molecule has 3 aromatic rings. The van der Waals surface area contributed by atoms with E-state index in [0.29, 0.717) is 44.3 Å². The minimum atomic E-state index is -0.644. The lowest BCUT2D eigenvalue weighted by molar-refractivity contribution is -0.151. The van der Waals surface area contributed by atoms with Crippen LogP contribution in [0.25, 0.3) is 11.4 Å². The van der Waals surface area contributed by atoms with Crippen LogP contribution in [0.1, 0.15) is 44.6 Å². The fraction of sp³-hybridized carbons (Fsp3) is 0.448. The minimum Gasteiger partial charge on any atom is -0.385 e. The molecule has 3 heterocycles. The summed E-state index contributed by atoms with van der Waals surface area (Å²) >= 11 is 0. The third kappa shape index (κ3) is 7.01. The average Bonchev–Trinajstić information content (AvgIpc) is 2.96. The molecule has 1 fully saturated rings. The number of rotatable bonds is 10. The Morgan fingerprint density at radius 2 is 1.64 bits per heavy atom. The molecular formula is C29H37N7O3. The van der Waals surface area contributed by atoms with Gasteiger partial charge in [-0.3, -0.25) is 14.5 Å². The Balaban J connectivity index is 1.52. The van der Waals surface area contributed by atoms with E-state index >= 15 is 0 Å². The van der Waals surface area contributed by atoms with Gasteiger partial charge in [0.2, 0.25) is 11.8 Å². The summed E-state index contributed by atoms with van der Waals surface area (Å²) in [6.07, 6.45) is 7.54. The number of ether oxygens (including phenoxy) is 1. The monoisotopic (exact) mass is 531 g/mol. The van der Waals surface area contributed by atoms with Gasteiger partial charge in [0, 0.05) is 75.7 Å². The number of piperazine rings is 1. The van der Waals surface area contributed by atoms with Gasteiger partial charge in [0.05, 0.1) is 6.04 Å². The summed E-state index contributed by atoms with van der Waals surface area (Å²) in [7, 11) is 1.67. The second-order valence-electron chi connectivity index (χ2n) is 10.1. The van der Waals surface area contributed by atoms with Gasteiger partial charge in [-0.1, -0.05) is 38.1 Å². The molecule has 1 saturated heterocycles. The van der Waals surface area contributed by atoms with Crippen LogP contribution in [0.15, 0.2) is 61.2 Å². The third-order valence-electron chi connectivity index (χ3n) is 6.93. The van der Waals surface area contributed by atoms with E-state index in [1.807, 2.05) is 45.0 Å². The summed E-state index contributed by atoms with van der Waals surface area (Å²) in [5.74, 6) is 0.905. The van der Waals surface area contributed by atoms with Gasteiger partial charge in [-0.25, -0.2) is 19.9 Å². The molecule has 1 aliphatic heterocycles. The maximum atomic E-state index is 13.7. The molecule has 1 aliphatic rings. The van der Waals surface area contributed by atoms with Crippen molar-refractivity contribution in [2.45, 2.75) is 51.9 Å². The van der Waals surface area contributed by atoms with Crippen molar-refractivity contribution in [2.24, 2.45) is 5.92 Å². The molecule has 39 heavy (non-hydrogen) atoms. The fourth-order valence-corrected chi connectivity index (χ4v) is 4.97. The Labute approximate surface area is 229 Å². The summed E-state index contributed by atoms with van der Waals surface area (Å²) in [5.41, 5.74) is 1.85. The number of amides is 2. The Hall–Kier alpha value is -3.76. The van der Waals surface area contributed by atoms with E-state index in [9.17, 15) is 9.59 Å². The zero-order chi connectivity index (χ0) is 27.8. The number of nitrogens with zero attached hydrogens (tertiary/aromatic N) is 6. The van der Waals surface area contributed by atoms with E-state index < -0.39 is 6.04 Å². The van der Waals surface area contributed by atoms with Crippen molar-refractivity contribution in [3.63, 3.8) is 0 Å². The molecule has 10 heteroatoms. The van der Waals surface area contributed by atoms with E-state index in [1.54, 1.807) is 48.9 Å². The fourth-order valence-electron chi connectivity index (χ4n) is 4.97. The lowest BCUT2D eigenvalue weighted by Crippen LogP contribution is -2.65. The van der Waals surface area contributed by atoms with Crippen LogP contribution in [-0.4, -0.2) is 80.4 Å². The Kier molecular flexibility index (Phi) is 9.67. The Bertz CT molecular complexity index is 1210. The molecule has 0 spiro atoms. The van der Waals surface area contributed by atoms with Crippen molar-refractivity contribution < 1.29 is 14.3 Å². The number of hydrogen-bond donors (Lipinski definition) is 1. The first-order valence-electron chi connectivity index (χ1n) is 13.3. The number of aromatic nitrogens is 4. The molecule has 0 saturated carbocycles. The van der Waals surface area contributed by atoms with Gasteiger partial charge in [0.1, 0.15) is 11.9 Å². The molecule has 2 amide bonds. The SMILES string of the molecule is COCC[C@H](c1ncccn1)N1CC(C)N(C(=O)C(C)C)[C@@H](C(=O)NCc2ccc(-c3ncccn3)cc2)C1. The van der Waals surface area contributed by atoms with E-state index in [1.165, 1.54) is 0 Å².